The number of hydrogen-bond donors (Lipinski definition) is 3. The number of phenols is 1. The molecule has 6 nitrogen and oxygen atoms in total. The number of amides is 2. The van der Waals surface area contributed by atoms with Crippen LogP contribution in [0.5, 0.6) is 5.75 Å². The van der Waals surface area contributed by atoms with Crippen molar-refractivity contribution in [3.63, 3.8) is 0 Å². The summed E-state index contributed by atoms with van der Waals surface area (Å²) in [4.78, 5) is 24.0. The first-order valence-corrected chi connectivity index (χ1v) is 7.44. The van der Waals surface area contributed by atoms with E-state index in [1.807, 2.05) is 0 Å². The van der Waals surface area contributed by atoms with Gasteiger partial charge in [-0.25, -0.2) is 4.79 Å². The number of para-hydroxylation sites is 2. The highest BCUT2D eigenvalue weighted by Crippen LogP contribution is 2.22. The average molecular weight is 328 g/mol. The first-order chi connectivity index (χ1) is 11.2. The van der Waals surface area contributed by atoms with E-state index in [4.69, 9.17) is 4.74 Å². The van der Waals surface area contributed by atoms with Crippen molar-refractivity contribution >= 4 is 23.4 Å². The van der Waals surface area contributed by atoms with Gasteiger partial charge in [-0.3, -0.25) is 10.1 Å². The lowest BCUT2D eigenvalue weighted by atomic mass is 10.1. The van der Waals surface area contributed by atoms with Crippen LogP contribution in [-0.4, -0.2) is 22.7 Å². The van der Waals surface area contributed by atoms with Gasteiger partial charge in [0.05, 0.1) is 5.69 Å². The second-order valence-electron chi connectivity index (χ2n) is 6.18. The minimum Gasteiger partial charge on any atom is -0.506 e. The summed E-state index contributed by atoms with van der Waals surface area (Å²) in [6.45, 7) is 5.30. The predicted molar refractivity (Wildman–Crippen MR) is 92.4 cm³/mol. The Morgan fingerprint density at radius 1 is 1.00 bits per heavy atom. The van der Waals surface area contributed by atoms with E-state index < -0.39 is 17.6 Å². The first kappa shape index (κ1) is 17.3. The zero-order valence-corrected chi connectivity index (χ0v) is 13.8. The van der Waals surface area contributed by atoms with Crippen LogP contribution in [0, 0.1) is 0 Å². The Bertz CT molecular complexity index is 751. The Hall–Kier alpha value is -3.02. The molecule has 0 aliphatic rings. The van der Waals surface area contributed by atoms with Crippen LogP contribution in [0.1, 0.15) is 31.1 Å². The molecule has 0 fully saturated rings. The van der Waals surface area contributed by atoms with Crippen LogP contribution in [0.2, 0.25) is 0 Å². The smallest absolute Gasteiger partial charge is 0.412 e. The van der Waals surface area contributed by atoms with Gasteiger partial charge in [-0.2, -0.15) is 0 Å². The van der Waals surface area contributed by atoms with Gasteiger partial charge in [-0.05, 0) is 51.1 Å². The summed E-state index contributed by atoms with van der Waals surface area (Å²) >= 11 is 0. The monoisotopic (exact) mass is 328 g/mol. The summed E-state index contributed by atoms with van der Waals surface area (Å²) in [7, 11) is 0. The van der Waals surface area contributed by atoms with Crippen LogP contribution < -0.4 is 10.6 Å². The summed E-state index contributed by atoms with van der Waals surface area (Å²) < 4.78 is 5.17. The maximum absolute atomic E-state index is 12.3. The fraction of sp³-hybridized carbons (Fsp3) is 0.222. The van der Waals surface area contributed by atoms with E-state index in [1.54, 1.807) is 57.2 Å². The van der Waals surface area contributed by atoms with Crippen molar-refractivity contribution in [1.29, 1.82) is 0 Å². The number of aromatic hydroxyl groups is 1. The quantitative estimate of drug-likeness (QED) is 0.743. The molecular weight excluding hydrogens is 308 g/mol. The van der Waals surface area contributed by atoms with Gasteiger partial charge in [0.1, 0.15) is 11.4 Å². The van der Waals surface area contributed by atoms with Crippen LogP contribution in [0.25, 0.3) is 0 Å². The third-order valence-corrected chi connectivity index (χ3v) is 2.92. The van der Waals surface area contributed by atoms with Crippen molar-refractivity contribution < 1.29 is 19.4 Å². The molecule has 0 radical (unpaired) electrons. The predicted octanol–water partition coefficient (Wildman–Crippen LogP) is 3.99. The molecule has 24 heavy (non-hydrogen) atoms. The third-order valence-electron chi connectivity index (χ3n) is 2.92. The lowest BCUT2D eigenvalue weighted by molar-refractivity contribution is 0.0635. The molecule has 3 N–H and O–H groups in total. The van der Waals surface area contributed by atoms with E-state index in [0.717, 1.165) is 0 Å². The van der Waals surface area contributed by atoms with Crippen molar-refractivity contribution in [3.8, 4) is 5.75 Å². The van der Waals surface area contributed by atoms with Gasteiger partial charge in [-0.15, -0.1) is 0 Å². The fourth-order valence-corrected chi connectivity index (χ4v) is 1.93. The minimum absolute atomic E-state index is 0.0196. The molecule has 0 saturated heterocycles. The molecule has 0 aromatic heterocycles. The number of carbonyl (C=O) groups is 2. The molecule has 0 aliphatic carbocycles. The van der Waals surface area contributed by atoms with Crippen LogP contribution in [0.3, 0.4) is 0 Å². The molecule has 0 heterocycles. The summed E-state index contributed by atoms with van der Waals surface area (Å²) in [5, 5.41) is 14.9. The fourth-order valence-electron chi connectivity index (χ4n) is 1.93. The van der Waals surface area contributed by atoms with Crippen molar-refractivity contribution in [2.24, 2.45) is 0 Å². The van der Waals surface area contributed by atoms with E-state index in [-0.39, 0.29) is 5.75 Å². The number of phenolic OH excluding ortho intramolecular Hbond substituents is 1. The largest absolute Gasteiger partial charge is 0.506 e. The van der Waals surface area contributed by atoms with Crippen LogP contribution in [0.15, 0.2) is 48.5 Å². The Kier molecular flexibility index (Phi) is 5.08. The van der Waals surface area contributed by atoms with Gasteiger partial charge in [0.25, 0.3) is 5.91 Å². The highest BCUT2D eigenvalue weighted by molar-refractivity contribution is 6.05. The maximum atomic E-state index is 12.3. The molecule has 2 aromatic carbocycles. The van der Waals surface area contributed by atoms with E-state index in [1.165, 1.54) is 12.1 Å². The zero-order chi connectivity index (χ0) is 17.7. The molecule has 0 saturated carbocycles. The van der Waals surface area contributed by atoms with Gasteiger partial charge in [-0.1, -0.05) is 18.2 Å². The molecule has 2 aromatic rings. The summed E-state index contributed by atoms with van der Waals surface area (Å²) in [6.07, 6.45) is -0.597. The van der Waals surface area contributed by atoms with Crippen molar-refractivity contribution in [1.82, 2.24) is 0 Å². The van der Waals surface area contributed by atoms with E-state index in [2.05, 4.69) is 10.6 Å². The van der Waals surface area contributed by atoms with Crippen LogP contribution >= 0.6 is 0 Å². The van der Waals surface area contributed by atoms with Gasteiger partial charge in [0, 0.05) is 11.3 Å². The lowest BCUT2D eigenvalue weighted by Gasteiger charge is -2.19. The number of hydrogen-bond acceptors (Lipinski definition) is 4. The summed E-state index contributed by atoms with van der Waals surface area (Å²) in [6, 6.07) is 12.9. The molecule has 2 rings (SSSR count). The molecule has 6 heteroatoms. The number of benzene rings is 2. The standard InChI is InChI=1S/C18H20N2O4/c1-18(2,3)24-17(23)19-13-8-6-7-12(11-13)16(22)20-14-9-4-5-10-15(14)21/h4-11,21H,1-3H3,(H,19,23)(H,20,22). The third kappa shape index (κ3) is 5.01. The number of rotatable bonds is 3. The molecule has 2 amide bonds. The van der Waals surface area contributed by atoms with Crippen molar-refractivity contribution in [3.05, 3.63) is 54.1 Å². The number of carbonyl (C=O) groups excluding carboxylic acids is 2. The topological polar surface area (TPSA) is 87.7 Å². The van der Waals surface area contributed by atoms with Crippen molar-refractivity contribution in [2.45, 2.75) is 26.4 Å². The van der Waals surface area contributed by atoms with E-state index >= 15 is 0 Å². The van der Waals surface area contributed by atoms with Crippen LogP contribution in [-0.2, 0) is 4.74 Å². The first-order valence-electron chi connectivity index (χ1n) is 7.44. The SMILES string of the molecule is CC(C)(C)OC(=O)Nc1cccc(C(=O)Nc2ccccc2O)c1. The second-order valence-corrected chi connectivity index (χ2v) is 6.18. The average Bonchev–Trinajstić information content (AvgIpc) is 2.48. The summed E-state index contributed by atoms with van der Waals surface area (Å²) in [5.41, 5.74) is 0.484. The Labute approximate surface area is 140 Å². The van der Waals surface area contributed by atoms with Crippen molar-refractivity contribution in [2.75, 3.05) is 10.6 Å². The molecular formula is C18H20N2O4. The second kappa shape index (κ2) is 7.04. The lowest BCUT2D eigenvalue weighted by Crippen LogP contribution is -2.27. The van der Waals surface area contributed by atoms with Gasteiger partial charge in [0.15, 0.2) is 0 Å². The van der Waals surface area contributed by atoms with E-state index in [9.17, 15) is 14.7 Å². The van der Waals surface area contributed by atoms with Gasteiger partial charge in [0.2, 0.25) is 0 Å². The highest BCUT2D eigenvalue weighted by atomic mass is 16.6. The molecule has 0 aliphatic heterocycles. The highest BCUT2D eigenvalue weighted by Gasteiger charge is 2.16. The molecule has 0 bridgehead atoms. The molecule has 0 unspecified atom stereocenters. The Balaban J connectivity index is 2.08. The number of anilines is 2. The number of nitrogens with one attached hydrogen (secondary N) is 2. The van der Waals surface area contributed by atoms with Crippen LogP contribution in [0.4, 0.5) is 16.2 Å². The number of ether oxygens (including phenoxy) is 1. The maximum Gasteiger partial charge on any atom is 0.412 e. The zero-order valence-electron chi connectivity index (χ0n) is 13.8. The van der Waals surface area contributed by atoms with Gasteiger partial charge < -0.3 is 15.2 Å². The van der Waals surface area contributed by atoms with E-state index in [0.29, 0.717) is 16.9 Å². The Morgan fingerprint density at radius 2 is 1.71 bits per heavy atom. The summed E-state index contributed by atoms with van der Waals surface area (Å²) in [5.74, 6) is -0.418. The van der Waals surface area contributed by atoms with Gasteiger partial charge >= 0.3 is 6.09 Å². The molecule has 126 valence electrons. The molecule has 0 atom stereocenters. The normalized spacial score (nSPS) is 10.8. The minimum atomic E-state index is -0.607. The molecule has 0 spiro atoms. The Morgan fingerprint density at radius 3 is 2.38 bits per heavy atom.